The maximum Gasteiger partial charge on any atom is 0.118 e. The summed E-state index contributed by atoms with van der Waals surface area (Å²) in [5, 5.41) is 0. The molecule has 4 aliphatic rings. The second kappa shape index (κ2) is 7.17. The Morgan fingerprint density at radius 3 is 1.32 bits per heavy atom. The molecule has 0 aromatic heterocycles. The van der Waals surface area contributed by atoms with Crippen LogP contribution in [0.4, 0.5) is 0 Å². The fraction of sp³-hybridized carbons (Fsp3) is 0.818. The van der Waals surface area contributed by atoms with Crippen molar-refractivity contribution in [3.05, 3.63) is 25.3 Å². The van der Waals surface area contributed by atoms with E-state index in [1.807, 2.05) is 0 Å². The van der Waals surface area contributed by atoms with Gasteiger partial charge in [0.1, 0.15) is 23.4 Å². The minimum Gasteiger partial charge on any atom is -0.370 e. The summed E-state index contributed by atoms with van der Waals surface area (Å²) < 4.78 is 18.8. The Morgan fingerprint density at radius 1 is 0.680 bits per heavy atom. The lowest BCUT2D eigenvalue weighted by molar-refractivity contribution is -0.185. The topological polar surface area (TPSA) is 34.3 Å². The lowest BCUT2D eigenvalue weighted by atomic mass is 9.71. The van der Waals surface area contributed by atoms with Gasteiger partial charge in [0.05, 0.1) is 13.2 Å². The molecule has 0 bridgehead atoms. The highest BCUT2D eigenvalue weighted by Gasteiger charge is 2.60. The third-order valence-electron chi connectivity index (χ3n) is 7.15. The summed E-state index contributed by atoms with van der Waals surface area (Å²) in [6.45, 7) is 10.1. The number of hydrogen-bond acceptors (Lipinski definition) is 3. The van der Waals surface area contributed by atoms with Crippen LogP contribution in [0.25, 0.3) is 0 Å². The van der Waals surface area contributed by atoms with Gasteiger partial charge >= 0.3 is 0 Å². The first-order chi connectivity index (χ1) is 12.2. The zero-order valence-corrected chi connectivity index (χ0v) is 15.6. The fourth-order valence-electron chi connectivity index (χ4n) is 5.53. The zero-order chi connectivity index (χ0) is 17.3. The normalized spacial score (nSPS) is 35.4. The second-order valence-corrected chi connectivity index (χ2v) is 8.53. The molecule has 0 amide bonds. The van der Waals surface area contributed by atoms with E-state index in [2.05, 4.69) is 25.3 Å². The van der Waals surface area contributed by atoms with Crippen molar-refractivity contribution >= 4 is 0 Å². The van der Waals surface area contributed by atoms with Gasteiger partial charge in [-0.15, -0.1) is 13.2 Å². The fourth-order valence-corrected chi connectivity index (χ4v) is 5.53. The average molecular weight is 347 g/mol. The van der Waals surface area contributed by atoms with Crippen LogP contribution in [0.1, 0.15) is 64.2 Å². The first-order valence-corrected chi connectivity index (χ1v) is 10.5. The minimum atomic E-state index is -0.377. The third-order valence-corrected chi connectivity index (χ3v) is 7.15. The Labute approximate surface area is 152 Å². The first kappa shape index (κ1) is 17.8. The Morgan fingerprint density at radius 2 is 1.04 bits per heavy atom. The molecule has 0 spiro atoms. The van der Waals surface area contributed by atoms with Crippen LogP contribution in [0.2, 0.25) is 0 Å². The standard InChI is InChI=1S/C22H34O3/c1-3-21(19-15-23-19,17-11-7-5-8-12-17)25-22(4-2,20-16-24-20)18-13-9-6-10-14-18/h3-4,17-20H,1-2,5-16H2. The van der Waals surface area contributed by atoms with Gasteiger partial charge in [0.2, 0.25) is 0 Å². The number of ether oxygens (including phenoxy) is 3. The summed E-state index contributed by atoms with van der Waals surface area (Å²) in [7, 11) is 0. The van der Waals surface area contributed by atoms with Crippen molar-refractivity contribution in [2.45, 2.75) is 87.6 Å². The molecule has 3 nitrogen and oxygen atoms in total. The van der Waals surface area contributed by atoms with Crippen LogP contribution in [-0.2, 0) is 14.2 Å². The summed E-state index contributed by atoms with van der Waals surface area (Å²) in [5.41, 5.74) is -0.754. The average Bonchev–Trinajstić information content (AvgIpc) is 3.58. The molecule has 2 heterocycles. The van der Waals surface area contributed by atoms with Crippen LogP contribution in [-0.4, -0.2) is 36.6 Å². The summed E-state index contributed by atoms with van der Waals surface area (Å²) in [5.74, 6) is 1.01. The van der Waals surface area contributed by atoms with Gasteiger partial charge in [0.15, 0.2) is 0 Å². The molecule has 4 atom stereocenters. The van der Waals surface area contributed by atoms with E-state index in [0.717, 1.165) is 13.2 Å². The van der Waals surface area contributed by atoms with E-state index in [0.29, 0.717) is 11.8 Å². The predicted octanol–water partition coefficient (Wildman–Crippen LogP) is 4.81. The molecule has 0 N–H and O–H groups in total. The van der Waals surface area contributed by atoms with E-state index in [1.165, 1.54) is 64.2 Å². The molecule has 4 fully saturated rings. The number of hydrogen-bond donors (Lipinski definition) is 0. The van der Waals surface area contributed by atoms with Crippen molar-refractivity contribution < 1.29 is 14.2 Å². The van der Waals surface area contributed by atoms with Gasteiger partial charge in [0.25, 0.3) is 0 Å². The second-order valence-electron chi connectivity index (χ2n) is 8.53. The van der Waals surface area contributed by atoms with Gasteiger partial charge in [-0.25, -0.2) is 0 Å². The molecule has 0 aromatic rings. The van der Waals surface area contributed by atoms with Gasteiger partial charge in [-0.05, 0) is 37.5 Å². The van der Waals surface area contributed by atoms with E-state index in [4.69, 9.17) is 14.2 Å². The zero-order valence-electron chi connectivity index (χ0n) is 15.6. The van der Waals surface area contributed by atoms with E-state index in [-0.39, 0.29) is 23.4 Å². The maximum atomic E-state index is 7.16. The van der Waals surface area contributed by atoms with Gasteiger partial charge < -0.3 is 14.2 Å². The third kappa shape index (κ3) is 3.24. The lowest BCUT2D eigenvalue weighted by Crippen LogP contribution is -2.56. The van der Waals surface area contributed by atoms with Crippen LogP contribution in [0, 0.1) is 11.8 Å². The molecular formula is C22H34O3. The van der Waals surface area contributed by atoms with Crippen LogP contribution in [0.15, 0.2) is 25.3 Å². The van der Waals surface area contributed by atoms with Crippen molar-refractivity contribution in [1.82, 2.24) is 0 Å². The number of epoxide rings is 2. The highest BCUT2D eigenvalue weighted by Crippen LogP contribution is 2.51. The van der Waals surface area contributed by atoms with Gasteiger partial charge in [-0.3, -0.25) is 0 Å². The maximum absolute atomic E-state index is 7.16. The monoisotopic (exact) mass is 346 g/mol. The Kier molecular flexibility index (Phi) is 5.09. The molecular weight excluding hydrogens is 312 g/mol. The molecule has 0 radical (unpaired) electrons. The largest absolute Gasteiger partial charge is 0.370 e. The molecule has 4 unspecified atom stereocenters. The van der Waals surface area contributed by atoms with Crippen LogP contribution >= 0.6 is 0 Å². The summed E-state index contributed by atoms with van der Waals surface area (Å²) >= 11 is 0. The Bertz CT molecular complexity index is 440. The van der Waals surface area contributed by atoms with Crippen LogP contribution in [0.5, 0.6) is 0 Å². The van der Waals surface area contributed by atoms with Crippen molar-refractivity contribution in [3.8, 4) is 0 Å². The van der Waals surface area contributed by atoms with E-state index < -0.39 is 0 Å². The summed E-state index contributed by atoms with van der Waals surface area (Å²) in [4.78, 5) is 0. The lowest BCUT2D eigenvalue weighted by Gasteiger charge is -2.49. The molecule has 140 valence electrons. The smallest absolute Gasteiger partial charge is 0.118 e. The van der Waals surface area contributed by atoms with Gasteiger partial charge in [0, 0.05) is 0 Å². The van der Waals surface area contributed by atoms with Crippen molar-refractivity contribution in [2.24, 2.45) is 11.8 Å². The molecule has 0 aromatic carbocycles. The molecule has 25 heavy (non-hydrogen) atoms. The van der Waals surface area contributed by atoms with E-state index in [9.17, 15) is 0 Å². The first-order valence-electron chi connectivity index (χ1n) is 10.5. The molecule has 2 aliphatic heterocycles. The van der Waals surface area contributed by atoms with Crippen LogP contribution in [0.3, 0.4) is 0 Å². The van der Waals surface area contributed by atoms with Crippen LogP contribution < -0.4 is 0 Å². The van der Waals surface area contributed by atoms with Gasteiger partial charge in [-0.2, -0.15) is 0 Å². The van der Waals surface area contributed by atoms with Gasteiger partial charge in [-0.1, -0.05) is 50.7 Å². The SMILES string of the molecule is C=CC(OC(C=C)(C1CCCCC1)C1CO1)(C1CCCCC1)C1CO1. The summed E-state index contributed by atoms with van der Waals surface area (Å²) in [6.07, 6.45) is 17.2. The summed E-state index contributed by atoms with van der Waals surface area (Å²) in [6, 6.07) is 0. The Balaban J connectivity index is 1.65. The minimum absolute atomic E-state index is 0.162. The molecule has 3 heteroatoms. The predicted molar refractivity (Wildman–Crippen MR) is 99.6 cm³/mol. The van der Waals surface area contributed by atoms with E-state index >= 15 is 0 Å². The van der Waals surface area contributed by atoms with Crippen molar-refractivity contribution in [3.63, 3.8) is 0 Å². The molecule has 4 rings (SSSR count). The molecule has 2 saturated heterocycles. The molecule has 2 aliphatic carbocycles. The molecule has 2 saturated carbocycles. The Hall–Kier alpha value is -0.640. The quantitative estimate of drug-likeness (QED) is 0.467. The highest BCUT2D eigenvalue weighted by atomic mass is 16.6. The highest BCUT2D eigenvalue weighted by molar-refractivity contribution is 5.19. The van der Waals surface area contributed by atoms with Crippen molar-refractivity contribution in [2.75, 3.05) is 13.2 Å². The number of rotatable bonds is 8. The van der Waals surface area contributed by atoms with E-state index in [1.54, 1.807) is 0 Å². The van der Waals surface area contributed by atoms with Crippen molar-refractivity contribution in [1.29, 1.82) is 0 Å².